The van der Waals surface area contributed by atoms with Gasteiger partial charge in [0.05, 0.1) is 29.7 Å². The number of rotatable bonds is 5. The highest BCUT2D eigenvalue weighted by Gasteiger charge is 2.38. The molecule has 0 saturated heterocycles. The van der Waals surface area contributed by atoms with Gasteiger partial charge in [0.1, 0.15) is 13.2 Å². The molecule has 160 valence electrons. The summed E-state index contributed by atoms with van der Waals surface area (Å²) in [5.41, 5.74) is 8.04. The Hall–Kier alpha value is -2.83. The Morgan fingerprint density at radius 2 is 2.17 bits per heavy atom. The number of ether oxygens (including phenoxy) is 3. The number of dihydropyridines is 1. The van der Waals surface area contributed by atoms with Crippen LogP contribution in [0.1, 0.15) is 25.3 Å². The quantitative estimate of drug-likeness (QED) is 0.354. The molecule has 2 heterocycles. The molecule has 0 aromatic heterocycles. The SMILES string of the molecule is CCOC(=O)C1=C(CSC(=N)N)NC(C)=C(C#N)C1c1cccc2c1OCCO2.Cl. The van der Waals surface area contributed by atoms with Gasteiger partial charge in [0.25, 0.3) is 0 Å². The van der Waals surface area contributed by atoms with Crippen molar-refractivity contribution < 1.29 is 19.0 Å². The van der Waals surface area contributed by atoms with Gasteiger partial charge in [-0.3, -0.25) is 5.41 Å². The molecule has 0 amide bonds. The monoisotopic (exact) mass is 450 g/mol. The third-order valence-corrected chi connectivity index (χ3v) is 5.28. The minimum atomic E-state index is -0.681. The standard InChI is InChI=1S/C20H22N4O4S.ClH/c1-3-26-19(25)17-14(10-29-20(22)23)24-11(2)13(9-21)16(17)12-5-4-6-15-18(12)28-8-7-27-15;/h4-6,16,24H,3,7-8,10H2,1-2H3,(H3,22,23);1H. The maximum absolute atomic E-state index is 13.0. The van der Waals surface area contributed by atoms with Crippen LogP contribution in [0.2, 0.25) is 0 Å². The van der Waals surface area contributed by atoms with Crippen LogP contribution in [0.25, 0.3) is 0 Å². The number of hydrogen-bond donors (Lipinski definition) is 3. The number of esters is 1. The molecule has 0 bridgehead atoms. The molecular weight excluding hydrogens is 428 g/mol. The summed E-state index contributed by atoms with van der Waals surface area (Å²) in [5.74, 6) is 0.150. The van der Waals surface area contributed by atoms with Gasteiger partial charge < -0.3 is 25.3 Å². The Bertz CT molecular complexity index is 955. The topological polar surface area (TPSA) is 130 Å². The van der Waals surface area contributed by atoms with E-state index in [2.05, 4.69) is 11.4 Å². The zero-order valence-electron chi connectivity index (χ0n) is 16.6. The summed E-state index contributed by atoms with van der Waals surface area (Å²) in [4.78, 5) is 13.0. The summed E-state index contributed by atoms with van der Waals surface area (Å²) in [5, 5.41) is 20.4. The summed E-state index contributed by atoms with van der Waals surface area (Å²) in [6.07, 6.45) is 0. The van der Waals surface area contributed by atoms with Gasteiger partial charge in [0.15, 0.2) is 16.7 Å². The first-order chi connectivity index (χ1) is 14.0. The van der Waals surface area contributed by atoms with E-state index in [-0.39, 0.29) is 29.9 Å². The van der Waals surface area contributed by atoms with E-state index in [0.717, 1.165) is 11.8 Å². The van der Waals surface area contributed by atoms with Gasteiger partial charge in [-0.25, -0.2) is 4.79 Å². The van der Waals surface area contributed by atoms with E-state index in [9.17, 15) is 10.1 Å². The minimum absolute atomic E-state index is 0. The van der Waals surface area contributed by atoms with Crippen molar-refractivity contribution in [1.29, 1.82) is 10.7 Å². The van der Waals surface area contributed by atoms with Crippen LogP contribution in [-0.4, -0.2) is 36.7 Å². The molecule has 1 unspecified atom stereocenters. The third kappa shape index (κ3) is 4.66. The van der Waals surface area contributed by atoms with Crippen molar-refractivity contribution in [2.24, 2.45) is 5.73 Å². The highest BCUT2D eigenvalue weighted by Crippen LogP contribution is 2.46. The highest BCUT2D eigenvalue weighted by molar-refractivity contribution is 8.13. The van der Waals surface area contributed by atoms with Crippen LogP contribution in [0.15, 0.2) is 40.7 Å². The molecule has 0 fully saturated rings. The molecule has 4 N–H and O–H groups in total. The summed E-state index contributed by atoms with van der Waals surface area (Å²) in [6, 6.07) is 7.65. The van der Waals surface area contributed by atoms with E-state index in [4.69, 9.17) is 25.4 Å². The molecular formula is C20H23ClN4O4S. The highest BCUT2D eigenvalue weighted by atomic mass is 35.5. The predicted molar refractivity (Wildman–Crippen MR) is 117 cm³/mol. The second kappa shape index (κ2) is 10.3. The number of halogens is 1. The van der Waals surface area contributed by atoms with Crippen molar-refractivity contribution in [3.63, 3.8) is 0 Å². The molecule has 2 aliphatic rings. The predicted octanol–water partition coefficient (Wildman–Crippen LogP) is 2.81. The maximum atomic E-state index is 13.0. The molecule has 0 aliphatic carbocycles. The van der Waals surface area contributed by atoms with Gasteiger partial charge in [-0.2, -0.15) is 5.26 Å². The molecule has 1 atom stereocenters. The summed E-state index contributed by atoms with van der Waals surface area (Å²) in [6.45, 7) is 4.51. The van der Waals surface area contributed by atoms with Crippen LogP contribution >= 0.6 is 24.2 Å². The Morgan fingerprint density at radius 1 is 1.43 bits per heavy atom. The number of benzene rings is 1. The Labute approximate surface area is 185 Å². The first-order valence-electron chi connectivity index (χ1n) is 9.11. The average Bonchev–Trinajstić information content (AvgIpc) is 2.71. The van der Waals surface area contributed by atoms with Gasteiger partial charge in [-0.15, -0.1) is 12.4 Å². The van der Waals surface area contributed by atoms with Crippen molar-refractivity contribution >= 4 is 35.3 Å². The number of carbonyl (C=O) groups excluding carboxylic acids is 1. The number of nitrogens with two attached hydrogens (primary N) is 1. The number of nitrogens with one attached hydrogen (secondary N) is 2. The molecule has 10 heteroatoms. The number of nitriles is 1. The normalized spacial score (nSPS) is 17.4. The fourth-order valence-electron chi connectivity index (χ4n) is 3.39. The van der Waals surface area contributed by atoms with E-state index in [1.54, 1.807) is 19.9 Å². The number of amidine groups is 1. The van der Waals surface area contributed by atoms with Gasteiger partial charge in [-0.05, 0) is 19.9 Å². The van der Waals surface area contributed by atoms with Crippen molar-refractivity contribution in [1.82, 2.24) is 5.32 Å². The number of allylic oxidation sites excluding steroid dienone is 2. The zero-order chi connectivity index (χ0) is 21.0. The van der Waals surface area contributed by atoms with Gasteiger partial charge in [0.2, 0.25) is 0 Å². The van der Waals surface area contributed by atoms with Crippen LogP contribution in [0, 0.1) is 16.7 Å². The summed E-state index contributed by atoms with van der Waals surface area (Å²) >= 11 is 1.09. The van der Waals surface area contributed by atoms with Crippen LogP contribution in [0.3, 0.4) is 0 Å². The van der Waals surface area contributed by atoms with Crippen LogP contribution in [0.4, 0.5) is 0 Å². The fraction of sp³-hybridized carbons (Fsp3) is 0.350. The van der Waals surface area contributed by atoms with Crippen molar-refractivity contribution in [2.75, 3.05) is 25.6 Å². The Kier molecular flexibility index (Phi) is 8.03. The van der Waals surface area contributed by atoms with Crippen LogP contribution in [0.5, 0.6) is 11.5 Å². The lowest BCUT2D eigenvalue weighted by atomic mass is 9.80. The smallest absolute Gasteiger partial charge is 0.336 e. The Morgan fingerprint density at radius 3 is 2.83 bits per heavy atom. The molecule has 0 spiro atoms. The number of hydrogen-bond acceptors (Lipinski definition) is 8. The summed E-state index contributed by atoms with van der Waals surface area (Å²) < 4.78 is 16.8. The fourth-order valence-corrected chi connectivity index (χ4v) is 3.92. The van der Waals surface area contributed by atoms with Crippen molar-refractivity contribution in [3.8, 4) is 17.6 Å². The molecule has 30 heavy (non-hydrogen) atoms. The largest absolute Gasteiger partial charge is 0.486 e. The van der Waals surface area contributed by atoms with E-state index < -0.39 is 11.9 Å². The van der Waals surface area contributed by atoms with Crippen LogP contribution < -0.4 is 20.5 Å². The number of carbonyl (C=O) groups is 1. The lowest BCUT2D eigenvalue weighted by molar-refractivity contribution is -0.138. The lowest BCUT2D eigenvalue weighted by Crippen LogP contribution is -2.31. The number of thioether (sulfide) groups is 1. The number of fused-ring (bicyclic) bond motifs is 1. The average molecular weight is 451 g/mol. The molecule has 2 aliphatic heterocycles. The second-order valence-corrected chi connectivity index (χ2v) is 7.36. The molecule has 8 nitrogen and oxygen atoms in total. The first kappa shape index (κ1) is 23.4. The van der Waals surface area contributed by atoms with Crippen molar-refractivity contribution in [2.45, 2.75) is 19.8 Å². The molecule has 1 aromatic rings. The third-order valence-electron chi connectivity index (χ3n) is 4.54. The van der Waals surface area contributed by atoms with E-state index in [0.29, 0.717) is 52.8 Å². The van der Waals surface area contributed by atoms with E-state index in [1.165, 1.54) is 0 Å². The number of para-hydroxylation sites is 1. The number of nitrogens with zero attached hydrogens (tertiary/aromatic N) is 1. The Balaban J connectivity index is 0.00000320. The van der Waals surface area contributed by atoms with Gasteiger partial charge in [0, 0.05) is 22.7 Å². The van der Waals surface area contributed by atoms with Crippen molar-refractivity contribution in [3.05, 3.63) is 46.3 Å². The lowest BCUT2D eigenvalue weighted by Gasteiger charge is -2.31. The van der Waals surface area contributed by atoms with Crippen LogP contribution in [-0.2, 0) is 9.53 Å². The maximum Gasteiger partial charge on any atom is 0.336 e. The first-order valence-corrected chi connectivity index (χ1v) is 10.1. The zero-order valence-corrected chi connectivity index (χ0v) is 18.2. The van der Waals surface area contributed by atoms with Gasteiger partial charge >= 0.3 is 5.97 Å². The van der Waals surface area contributed by atoms with Gasteiger partial charge in [-0.1, -0.05) is 23.9 Å². The van der Waals surface area contributed by atoms with E-state index >= 15 is 0 Å². The molecule has 3 rings (SSSR count). The molecule has 0 radical (unpaired) electrons. The minimum Gasteiger partial charge on any atom is -0.486 e. The molecule has 1 aromatic carbocycles. The van der Waals surface area contributed by atoms with E-state index in [1.807, 2.05) is 12.1 Å². The molecule has 0 saturated carbocycles. The summed E-state index contributed by atoms with van der Waals surface area (Å²) in [7, 11) is 0. The second-order valence-electron chi connectivity index (χ2n) is 6.35.